The summed E-state index contributed by atoms with van der Waals surface area (Å²) in [7, 11) is 1.93. The third-order valence-corrected chi connectivity index (χ3v) is 2.13. The summed E-state index contributed by atoms with van der Waals surface area (Å²) in [5.41, 5.74) is 2.25. The van der Waals surface area contributed by atoms with Crippen molar-refractivity contribution in [1.29, 1.82) is 0 Å². The average Bonchev–Trinajstić information content (AvgIpc) is 2.18. The number of nitrogens with one attached hydrogen (secondary N) is 1. The largest absolute Gasteiger partial charge is 0.388 e. The number of benzene rings is 1. The molecule has 0 bridgehead atoms. The lowest BCUT2D eigenvalue weighted by atomic mass is 10.1. The molecule has 0 aliphatic heterocycles. The molecule has 2 nitrogen and oxygen atoms in total. The fourth-order valence-electron chi connectivity index (χ4n) is 1.30. The molecule has 1 rings (SSSR count). The van der Waals surface area contributed by atoms with E-state index in [2.05, 4.69) is 5.32 Å². The van der Waals surface area contributed by atoms with Gasteiger partial charge in [-0.25, -0.2) is 0 Å². The predicted octanol–water partition coefficient (Wildman–Crippen LogP) is 1.85. The summed E-state index contributed by atoms with van der Waals surface area (Å²) < 4.78 is 0. The molecule has 0 heterocycles. The van der Waals surface area contributed by atoms with Gasteiger partial charge in [0.25, 0.3) is 0 Å². The van der Waals surface area contributed by atoms with Crippen LogP contribution in [0.3, 0.4) is 0 Å². The van der Waals surface area contributed by atoms with Gasteiger partial charge in [0.15, 0.2) is 0 Å². The van der Waals surface area contributed by atoms with Crippen molar-refractivity contribution in [2.24, 2.45) is 0 Å². The fraction of sp³-hybridized carbons (Fsp3) is 0.455. The first-order valence-electron chi connectivity index (χ1n) is 4.69. The summed E-state index contributed by atoms with van der Waals surface area (Å²) in [5, 5.41) is 12.6. The van der Waals surface area contributed by atoms with E-state index in [1.165, 1.54) is 5.56 Å². The van der Waals surface area contributed by atoms with Gasteiger partial charge >= 0.3 is 0 Å². The van der Waals surface area contributed by atoms with Gasteiger partial charge in [0.1, 0.15) is 0 Å². The van der Waals surface area contributed by atoms with E-state index in [9.17, 15) is 5.11 Å². The van der Waals surface area contributed by atoms with E-state index in [0.29, 0.717) is 0 Å². The van der Waals surface area contributed by atoms with Gasteiger partial charge in [-0.05, 0) is 24.6 Å². The van der Waals surface area contributed by atoms with E-state index < -0.39 is 0 Å². The Morgan fingerprint density at radius 2 is 1.92 bits per heavy atom. The third-order valence-electron chi connectivity index (χ3n) is 2.13. The van der Waals surface area contributed by atoms with E-state index in [4.69, 9.17) is 0 Å². The highest BCUT2D eigenvalue weighted by Gasteiger charge is 2.03. The molecule has 1 aromatic rings. The molecule has 2 heteroatoms. The summed E-state index contributed by atoms with van der Waals surface area (Å²) in [5.74, 6) is 0. The minimum atomic E-state index is -0.316. The topological polar surface area (TPSA) is 32.3 Å². The maximum absolute atomic E-state index is 9.53. The lowest BCUT2D eigenvalue weighted by Gasteiger charge is -2.08. The Labute approximate surface area is 79.6 Å². The Morgan fingerprint density at radius 3 is 2.38 bits per heavy atom. The maximum Gasteiger partial charge on any atom is 0.0787 e. The second-order valence-corrected chi connectivity index (χ2v) is 3.20. The predicted molar refractivity (Wildman–Crippen MR) is 54.5 cm³/mol. The first-order valence-corrected chi connectivity index (χ1v) is 4.69. The van der Waals surface area contributed by atoms with E-state index in [1.807, 2.05) is 38.2 Å². The molecule has 0 saturated carbocycles. The molecule has 2 N–H and O–H groups in total. The van der Waals surface area contributed by atoms with Crippen molar-refractivity contribution in [2.75, 3.05) is 7.05 Å². The van der Waals surface area contributed by atoms with E-state index in [0.717, 1.165) is 18.5 Å². The molecular weight excluding hydrogens is 162 g/mol. The molecule has 0 amide bonds. The molecule has 0 spiro atoms. The Balaban J connectivity index is 2.69. The number of hydrogen-bond acceptors (Lipinski definition) is 2. The number of aliphatic hydroxyl groups excluding tert-OH is 1. The standard InChI is InChI=1S/C11H17NO/c1-3-11(13)10-6-4-9(5-7-10)8-12-2/h4-7,11-13H,3,8H2,1-2H3. The van der Waals surface area contributed by atoms with Gasteiger partial charge in [-0.15, -0.1) is 0 Å². The van der Waals surface area contributed by atoms with Crippen LogP contribution < -0.4 is 5.32 Å². The first-order chi connectivity index (χ1) is 6.27. The number of rotatable bonds is 4. The van der Waals surface area contributed by atoms with Crippen LogP contribution in [0.5, 0.6) is 0 Å². The zero-order chi connectivity index (χ0) is 9.68. The van der Waals surface area contributed by atoms with Gasteiger partial charge in [0.05, 0.1) is 6.10 Å². The molecule has 72 valence electrons. The van der Waals surface area contributed by atoms with Crippen LogP contribution in [0.1, 0.15) is 30.6 Å². The molecule has 0 aliphatic rings. The van der Waals surface area contributed by atoms with Crippen molar-refractivity contribution in [3.05, 3.63) is 35.4 Å². The minimum absolute atomic E-state index is 0.316. The van der Waals surface area contributed by atoms with Gasteiger partial charge < -0.3 is 10.4 Å². The van der Waals surface area contributed by atoms with E-state index in [-0.39, 0.29) is 6.10 Å². The van der Waals surface area contributed by atoms with Crippen LogP contribution in [0.4, 0.5) is 0 Å². The molecule has 1 unspecified atom stereocenters. The van der Waals surface area contributed by atoms with Crippen LogP contribution in [0.25, 0.3) is 0 Å². The van der Waals surface area contributed by atoms with Crippen molar-refractivity contribution in [1.82, 2.24) is 5.32 Å². The number of hydrogen-bond donors (Lipinski definition) is 2. The monoisotopic (exact) mass is 179 g/mol. The molecule has 0 saturated heterocycles. The summed E-state index contributed by atoms with van der Waals surface area (Å²) in [6.07, 6.45) is 0.453. The quantitative estimate of drug-likeness (QED) is 0.739. The zero-order valence-corrected chi connectivity index (χ0v) is 8.25. The van der Waals surface area contributed by atoms with Crippen LogP contribution >= 0.6 is 0 Å². The van der Waals surface area contributed by atoms with Crippen molar-refractivity contribution >= 4 is 0 Å². The zero-order valence-electron chi connectivity index (χ0n) is 8.25. The normalized spacial score (nSPS) is 12.8. The summed E-state index contributed by atoms with van der Waals surface area (Å²) in [6, 6.07) is 8.07. The Bertz CT molecular complexity index is 243. The average molecular weight is 179 g/mol. The Hall–Kier alpha value is -0.860. The van der Waals surface area contributed by atoms with Crippen LogP contribution in [0.15, 0.2) is 24.3 Å². The first kappa shape index (κ1) is 10.2. The SMILES string of the molecule is CCC(O)c1ccc(CNC)cc1. The lowest BCUT2D eigenvalue weighted by molar-refractivity contribution is 0.173. The molecule has 0 aromatic heterocycles. The Kier molecular flexibility index (Phi) is 3.93. The second kappa shape index (κ2) is 5.00. The molecule has 13 heavy (non-hydrogen) atoms. The molecule has 0 radical (unpaired) electrons. The summed E-state index contributed by atoms with van der Waals surface area (Å²) in [4.78, 5) is 0. The molecule has 1 aromatic carbocycles. The van der Waals surface area contributed by atoms with E-state index >= 15 is 0 Å². The summed E-state index contributed by atoms with van der Waals surface area (Å²) in [6.45, 7) is 2.86. The van der Waals surface area contributed by atoms with Crippen molar-refractivity contribution in [2.45, 2.75) is 26.0 Å². The van der Waals surface area contributed by atoms with Gasteiger partial charge in [-0.2, -0.15) is 0 Å². The molecule has 0 fully saturated rings. The highest BCUT2D eigenvalue weighted by Crippen LogP contribution is 2.16. The van der Waals surface area contributed by atoms with E-state index in [1.54, 1.807) is 0 Å². The summed E-state index contributed by atoms with van der Waals surface area (Å²) >= 11 is 0. The van der Waals surface area contributed by atoms with Gasteiger partial charge in [0.2, 0.25) is 0 Å². The smallest absolute Gasteiger partial charge is 0.0787 e. The van der Waals surface area contributed by atoms with Crippen molar-refractivity contribution in [3.63, 3.8) is 0 Å². The lowest BCUT2D eigenvalue weighted by Crippen LogP contribution is -2.05. The maximum atomic E-state index is 9.53. The van der Waals surface area contributed by atoms with Crippen LogP contribution in [0, 0.1) is 0 Å². The molecular formula is C11H17NO. The second-order valence-electron chi connectivity index (χ2n) is 3.20. The van der Waals surface area contributed by atoms with Gasteiger partial charge in [-0.3, -0.25) is 0 Å². The third kappa shape index (κ3) is 2.83. The van der Waals surface area contributed by atoms with Gasteiger partial charge in [-0.1, -0.05) is 31.2 Å². The fourth-order valence-corrected chi connectivity index (χ4v) is 1.30. The van der Waals surface area contributed by atoms with Crippen LogP contribution in [-0.4, -0.2) is 12.2 Å². The highest BCUT2D eigenvalue weighted by atomic mass is 16.3. The highest BCUT2D eigenvalue weighted by molar-refractivity contribution is 5.23. The molecule has 1 atom stereocenters. The van der Waals surface area contributed by atoms with Gasteiger partial charge in [0, 0.05) is 6.54 Å². The van der Waals surface area contributed by atoms with Crippen LogP contribution in [-0.2, 0) is 6.54 Å². The minimum Gasteiger partial charge on any atom is -0.388 e. The van der Waals surface area contributed by atoms with Crippen molar-refractivity contribution in [3.8, 4) is 0 Å². The van der Waals surface area contributed by atoms with Crippen molar-refractivity contribution < 1.29 is 5.11 Å². The molecule has 0 aliphatic carbocycles. The van der Waals surface area contributed by atoms with Crippen LogP contribution in [0.2, 0.25) is 0 Å². The number of aliphatic hydroxyl groups is 1. The Morgan fingerprint density at radius 1 is 1.31 bits per heavy atom.